The molecule has 6 nitrogen and oxygen atoms in total. The Kier molecular flexibility index (Phi) is 6.26. The number of carbonyl (C=O) groups is 1. The van der Waals surface area contributed by atoms with E-state index < -0.39 is 0 Å². The van der Waals surface area contributed by atoms with Crippen LogP contribution >= 0.6 is 11.5 Å². The van der Waals surface area contributed by atoms with E-state index in [2.05, 4.69) is 45.4 Å². The van der Waals surface area contributed by atoms with Crippen molar-refractivity contribution in [2.24, 2.45) is 0 Å². The molecular weight excluding hydrogens is 437 g/mol. The standard InChI is InChI=1S/C25H28FN5OS/c1-18-5-2-3-6-21(18)29-13-15-30(16-14-29)24(32)22-7-4-12-31(22)25-27-23(28-33-25)17-19-8-10-20(26)11-9-19/h2-3,5-6,8-11,22H,4,7,12-17H2,1H3. The van der Waals surface area contributed by atoms with Gasteiger partial charge in [-0.3, -0.25) is 4.79 Å². The highest BCUT2D eigenvalue weighted by molar-refractivity contribution is 7.09. The minimum Gasteiger partial charge on any atom is -0.368 e. The van der Waals surface area contributed by atoms with E-state index in [1.54, 1.807) is 12.1 Å². The molecule has 2 aromatic carbocycles. The predicted octanol–water partition coefficient (Wildman–Crippen LogP) is 3.89. The van der Waals surface area contributed by atoms with Gasteiger partial charge in [0.2, 0.25) is 11.0 Å². The summed E-state index contributed by atoms with van der Waals surface area (Å²) in [6, 6.07) is 14.7. The molecule has 2 aliphatic heterocycles. The average molecular weight is 466 g/mol. The van der Waals surface area contributed by atoms with Crippen LogP contribution in [-0.4, -0.2) is 58.9 Å². The Morgan fingerprint density at radius 2 is 1.82 bits per heavy atom. The Morgan fingerprint density at radius 3 is 2.58 bits per heavy atom. The molecule has 0 spiro atoms. The maximum atomic E-state index is 13.4. The van der Waals surface area contributed by atoms with Crippen LogP contribution in [0, 0.1) is 12.7 Å². The first-order valence-electron chi connectivity index (χ1n) is 11.5. The smallest absolute Gasteiger partial charge is 0.245 e. The summed E-state index contributed by atoms with van der Waals surface area (Å²) in [6.45, 7) is 6.14. The highest BCUT2D eigenvalue weighted by Gasteiger charge is 2.36. The first-order valence-corrected chi connectivity index (χ1v) is 12.3. The van der Waals surface area contributed by atoms with Crippen LogP contribution in [0.15, 0.2) is 48.5 Å². The summed E-state index contributed by atoms with van der Waals surface area (Å²) in [6.07, 6.45) is 2.39. The molecule has 1 unspecified atom stereocenters. The van der Waals surface area contributed by atoms with E-state index in [4.69, 9.17) is 4.98 Å². The second-order valence-corrected chi connectivity index (χ2v) is 9.48. The zero-order valence-corrected chi connectivity index (χ0v) is 19.6. The first kappa shape index (κ1) is 21.8. The highest BCUT2D eigenvalue weighted by Crippen LogP contribution is 2.29. The fourth-order valence-electron chi connectivity index (χ4n) is 4.77. The molecule has 172 valence electrons. The third-order valence-electron chi connectivity index (χ3n) is 6.56. The summed E-state index contributed by atoms with van der Waals surface area (Å²) in [5, 5.41) is 0.807. The number of aromatic nitrogens is 2. The summed E-state index contributed by atoms with van der Waals surface area (Å²) in [5.74, 6) is 0.669. The Hall–Kier alpha value is -3.00. The number of amides is 1. The molecule has 0 bridgehead atoms. The third-order valence-corrected chi connectivity index (χ3v) is 7.36. The SMILES string of the molecule is Cc1ccccc1N1CCN(C(=O)C2CCCN2c2nc(Cc3ccc(F)cc3)ns2)CC1. The van der Waals surface area contributed by atoms with E-state index in [1.165, 1.54) is 34.9 Å². The monoisotopic (exact) mass is 465 g/mol. The van der Waals surface area contributed by atoms with E-state index in [1.807, 2.05) is 4.90 Å². The second-order valence-electron chi connectivity index (χ2n) is 8.75. The number of rotatable bonds is 5. The Labute approximate surface area is 197 Å². The van der Waals surface area contributed by atoms with Crippen molar-refractivity contribution in [2.75, 3.05) is 42.5 Å². The van der Waals surface area contributed by atoms with Crippen LogP contribution in [0.2, 0.25) is 0 Å². The van der Waals surface area contributed by atoms with Gasteiger partial charge in [-0.1, -0.05) is 30.3 Å². The van der Waals surface area contributed by atoms with Gasteiger partial charge in [-0.15, -0.1) is 0 Å². The molecule has 1 aromatic heterocycles. The molecule has 2 saturated heterocycles. The van der Waals surface area contributed by atoms with Gasteiger partial charge in [0.1, 0.15) is 17.7 Å². The van der Waals surface area contributed by atoms with Crippen LogP contribution in [0.5, 0.6) is 0 Å². The van der Waals surface area contributed by atoms with Crippen LogP contribution in [0.3, 0.4) is 0 Å². The third kappa shape index (κ3) is 4.71. The molecule has 33 heavy (non-hydrogen) atoms. The number of piperazine rings is 1. The molecule has 3 aromatic rings. The lowest BCUT2D eigenvalue weighted by atomic mass is 10.1. The fraction of sp³-hybridized carbons (Fsp3) is 0.400. The number of benzene rings is 2. The maximum Gasteiger partial charge on any atom is 0.245 e. The molecule has 0 N–H and O–H groups in total. The summed E-state index contributed by atoms with van der Waals surface area (Å²) >= 11 is 1.35. The number of hydrogen-bond acceptors (Lipinski definition) is 6. The molecule has 8 heteroatoms. The number of aryl methyl sites for hydroxylation is 1. The number of nitrogens with zero attached hydrogens (tertiary/aromatic N) is 5. The van der Waals surface area contributed by atoms with Gasteiger partial charge in [-0.25, -0.2) is 9.37 Å². The molecule has 1 atom stereocenters. The minimum absolute atomic E-state index is 0.165. The minimum atomic E-state index is -0.246. The van der Waals surface area contributed by atoms with Gasteiger partial charge < -0.3 is 14.7 Å². The second kappa shape index (κ2) is 9.47. The zero-order chi connectivity index (χ0) is 22.8. The largest absolute Gasteiger partial charge is 0.368 e. The Balaban J connectivity index is 1.22. The van der Waals surface area contributed by atoms with E-state index in [0.29, 0.717) is 12.2 Å². The molecular formula is C25H28FN5OS. The van der Waals surface area contributed by atoms with Crippen molar-refractivity contribution >= 4 is 28.3 Å². The van der Waals surface area contributed by atoms with E-state index in [0.717, 1.165) is 56.3 Å². The van der Waals surface area contributed by atoms with Gasteiger partial charge in [-0.2, -0.15) is 4.37 Å². The quantitative estimate of drug-likeness (QED) is 0.572. The average Bonchev–Trinajstić information content (AvgIpc) is 3.50. The van der Waals surface area contributed by atoms with Crippen LogP contribution in [-0.2, 0) is 11.2 Å². The van der Waals surface area contributed by atoms with Gasteiger partial charge in [0.15, 0.2) is 0 Å². The molecule has 0 saturated carbocycles. The lowest BCUT2D eigenvalue weighted by Crippen LogP contribution is -2.54. The van der Waals surface area contributed by atoms with Gasteiger partial charge in [0.25, 0.3) is 0 Å². The summed E-state index contributed by atoms with van der Waals surface area (Å²) in [7, 11) is 0. The van der Waals surface area contributed by atoms with Crippen molar-refractivity contribution in [3.8, 4) is 0 Å². The number of anilines is 2. The zero-order valence-electron chi connectivity index (χ0n) is 18.8. The molecule has 2 aliphatic rings. The van der Waals surface area contributed by atoms with Crippen molar-refractivity contribution < 1.29 is 9.18 Å². The Morgan fingerprint density at radius 1 is 1.06 bits per heavy atom. The maximum absolute atomic E-state index is 13.4. The lowest BCUT2D eigenvalue weighted by molar-refractivity contribution is -0.132. The lowest BCUT2D eigenvalue weighted by Gasteiger charge is -2.38. The van der Waals surface area contributed by atoms with Gasteiger partial charge in [0.05, 0.1) is 0 Å². The fourth-order valence-corrected chi connectivity index (χ4v) is 5.53. The van der Waals surface area contributed by atoms with Crippen LogP contribution in [0.1, 0.15) is 29.8 Å². The molecule has 0 aliphatic carbocycles. The van der Waals surface area contributed by atoms with Crippen LogP contribution in [0.25, 0.3) is 0 Å². The van der Waals surface area contributed by atoms with Crippen molar-refractivity contribution in [1.29, 1.82) is 0 Å². The summed E-state index contributed by atoms with van der Waals surface area (Å²) < 4.78 is 17.7. The van der Waals surface area contributed by atoms with Gasteiger partial charge >= 0.3 is 0 Å². The molecule has 5 rings (SSSR count). The predicted molar refractivity (Wildman–Crippen MR) is 129 cm³/mol. The van der Waals surface area contributed by atoms with Crippen molar-refractivity contribution in [2.45, 2.75) is 32.2 Å². The number of halogens is 1. The van der Waals surface area contributed by atoms with Gasteiger partial charge in [-0.05, 0) is 49.1 Å². The molecule has 1 amide bonds. The molecule has 3 heterocycles. The van der Waals surface area contributed by atoms with Gasteiger partial charge in [0, 0.05) is 56.4 Å². The number of hydrogen-bond donors (Lipinski definition) is 0. The normalized spacial score (nSPS) is 18.7. The van der Waals surface area contributed by atoms with Crippen molar-refractivity contribution in [3.05, 3.63) is 71.3 Å². The van der Waals surface area contributed by atoms with E-state index in [-0.39, 0.29) is 17.8 Å². The number of para-hydroxylation sites is 1. The van der Waals surface area contributed by atoms with Crippen molar-refractivity contribution in [1.82, 2.24) is 14.3 Å². The Bertz CT molecular complexity index is 1110. The van der Waals surface area contributed by atoms with Crippen LogP contribution in [0.4, 0.5) is 15.2 Å². The van der Waals surface area contributed by atoms with E-state index >= 15 is 0 Å². The van der Waals surface area contributed by atoms with Crippen molar-refractivity contribution in [3.63, 3.8) is 0 Å². The van der Waals surface area contributed by atoms with Crippen LogP contribution < -0.4 is 9.80 Å². The number of carbonyl (C=O) groups excluding carboxylic acids is 1. The summed E-state index contributed by atoms with van der Waals surface area (Å²) in [5.41, 5.74) is 3.50. The highest BCUT2D eigenvalue weighted by atomic mass is 32.1. The molecule has 2 fully saturated rings. The summed E-state index contributed by atoms with van der Waals surface area (Å²) in [4.78, 5) is 24.6. The topological polar surface area (TPSA) is 52.6 Å². The molecule has 0 radical (unpaired) electrons. The first-order chi connectivity index (χ1) is 16.1. The van der Waals surface area contributed by atoms with E-state index in [9.17, 15) is 9.18 Å².